The van der Waals surface area contributed by atoms with Gasteiger partial charge in [0.2, 0.25) is 11.5 Å². The smallest absolute Gasteiger partial charge is 0.545 e. The molecule has 0 aliphatic carbocycles. The number of benzene rings is 1. The Morgan fingerprint density at radius 3 is 1.56 bits per heavy atom. The van der Waals surface area contributed by atoms with Crippen LogP contribution in [0.25, 0.3) is 0 Å². The van der Waals surface area contributed by atoms with E-state index in [4.69, 9.17) is 30.3 Å². The van der Waals surface area contributed by atoms with Crippen LogP contribution in [-0.4, -0.2) is 26.4 Å². The predicted molar refractivity (Wildman–Crippen MR) is 48.3 cm³/mol. The monoisotopic (exact) mass is 252 g/mol. The van der Waals surface area contributed by atoms with Crippen molar-refractivity contribution < 1.29 is 81.7 Å². The number of aliphatic carboxylic acids is 1. The van der Waals surface area contributed by atoms with Gasteiger partial charge in [-0.15, -0.1) is 0 Å². The average Bonchev–Trinajstić information content (AvgIpc) is 2.21. The summed E-state index contributed by atoms with van der Waals surface area (Å²) < 4.78 is 0. The van der Waals surface area contributed by atoms with Crippen LogP contribution in [0.15, 0.2) is 24.8 Å². The third-order valence-electron chi connectivity index (χ3n) is 1.28. The zero-order chi connectivity index (χ0) is 12.0. The Morgan fingerprint density at radius 1 is 1.12 bits per heavy atom. The van der Waals surface area contributed by atoms with Gasteiger partial charge >= 0.3 is 51.4 Å². The number of carboxylic acids is 1. The summed E-state index contributed by atoms with van der Waals surface area (Å²) in [6.45, 7) is 2.90. The fraction of sp³-hybridized carbons (Fsp3) is 0. The summed E-state index contributed by atoms with van der Waals surface area (Å²) in [6, 6.07) is 2.15. The van der Waals surface area contributed by atoms with Gasteiger partial charge in [0.05, 0.1) is 5.97 Å². The quantitative estimate of drug-likeness (QED) is 0.178. The first-order chi connectivity index (χ1) is 6.90. The van der Waals surface area contributed by atoms with Crippen LogP contribution in [0.5, 0.6) is 23.0 Å². The number of carboxylic acid groups (broad SMARTS) is 1. The van der Waals surface area contributed by atoms with Gasteiger partial charge in [-0.1, -0.05) is 6.58 Å². The summed E-state index contributed by atoms with van der Waals surface area (Å²) in [6.07, 6.45) is 0.722. The summed E-state index contributed by atoms with van der Waals surface area (Å²) in [7, 11) is 0. The second-order valence-corrected chi connectivity index (χ2v) is 2.32. The van der Waals surface area contributed by atoms with E-state index in [0.29, 0.717) is 0 Å². The van der Waals surface area contributed by atoms with E-state index in [1.165, 1.54) is 0 Å². The van der Waals surface area contributed by atoms with Gasteiger partial charge in [-0.25, -0.2) is 0 Å². The van der Waals surface area contributed by atoms with E-state index in [-0.39, 0.29) is 51.4 Å². The molecule has 0 aliphatic rings. The molecule has 0 heterocycles. The number of carbonyl (C=O) groups is 1. The van der Waals surface area contributed by atoms with Crippen molar-refractivity contribution in [2.24, 2.45) is 0 Å². The van der Waals surface area contributed by atoms with Crippen molar-refractivity contribution in [3.05, 3.63) is 24.8 Å². The molecule has 7 heteroatoms. The molecule has 0 saturated carbocycles. The predicted octanol–water partition coefficient (Wildman–Crippen LogP) is -3.56. The van der Waals surface area contributed by atoms with Crippen LogP contribution < -0.4 is 56.5 Å². The van der Waals surface area contributed by atoms with Crippen LogP contribution in [0, 0.1) is 0 Å². The molecule has 0 radical (unpaired) electrons. The fourth-order valence-corrected chi connectivity index (χ4v) is 0.558. The Hall–Kier alpha value is -0.734. The zero-order valence-electron chi connectivity index (χ0n) is 8.54. The Labute approximate surface area is 134 Å². The maximum absolute atomic E-state index is 9.14. The van der Waals surface area contributed by atoms with E-state index in [1.807, 2.05) is 0 Å². The molecule has 0 fully saturated rings. The van der Waals surface area contributed by atoms with E-state index in [2.05, 4.69) is 6.58 Å². The van der Waals surface area contributed by atoms with Crippen molar-refractivity contribution >= 4 is 5.97 Å². The first-order valence-electron chi connectivity index (χ1n) is 3.66. The number of rotatable bonds is 1. The van der Waals surface area contributed by atoms with Crippen LogP contribution in [0.3, 0.4) is 0 Å². The Morgan fingerprint density at radius 2 is 1.38 bits per heavy atom. The molecule has 0 aromatic heterocycles. The van der Waals surface area contributed by atoms with Crippen molar-refractivity contribution in [1.82, 2.24) is 0 Å². The third kappa shape index (κ3) is 5.98. The molecule has 0 unspecified atom stereocenters. The van der Waals surface area contributed by atoms with Crippen molar-refractivity contribution in [2.45, 2.75) is 0 Å². The fourth-order valence-electron chi connectivity index (χ4n) is 0.558. The summed E-state index contributed by atoms with van der Waals surface area (Å²) in [5.74, 6) is -3.57. The Bertz CT molecular complexity index is 350. The molecule has 1 rings (SSSR count). The summed E-state index contributed by atoms with van der Waals surface area (Å²) >= 11 is 0. The molecule has 82 valence electrons. The molecule has 16 heavy (non-hydrogen) atoms. The van der Waals surface area contributed by atoms with Gasteiger partial charge in [0, 0.05) is 0 Å². The molecule has 0 amide bonds. The molecular formula is C9H9KO6. The van der Waals surface area contributed by atoms with Crippen LogP contribution in [0.2, 0.25) is 0 Å². The molecule has 0 spiro atoms. The molecular weight excluding hydrogens is 243 g/mol. The number of aromatic hydroxyl groups is 4. The van der Waals surface area contributed by atoms with E-state index in [0.717, 1.165) is 18.2 Å². The number of hydrogen-bond acceptors (Lipinski definition) is 6. The molecule has 1 aromatic carbocycles. The van der Waals surface area contributed by atoms with Gasteiger partial charge in [-0.05, 0) is 18.2 Å². The van der Waals surface area contributed by atoms with Crippen molar-refractivity contribution in [3.8, 4) is 23.0 Å². The van der Waals surface area contributed by atoms with Crippen molar-refractivity contribution in [3.63, 3.8) is 0 Å². The topological polar surface area (TPSA) is 121 Å². The van der Waals surface area contributed by atoms with Gasteiger partial charge in [-0.3, -0.25) is 0 Å². The molecule has 0 saturated heterocycles. The average molecular weight is 252 g/mol. The molecule has 1 aromatic rings. The molecule has 0 aliphatic heterocycles. The Balaban J connectivity index is 0. The van der Waals surface area contributed by atoms with Crippen LogP contribution in [0.4, 0.5) is 0 Å². The van der Waals surface area contributed by atoms with Gasteiger partial charge < -0.3 is 30.3 Å². The minimum Gasteiger partial charge on any atom is -0.545 e. The van der Waals surface area contributed by atoms with Crippen molar-refractivity contribution in [2.75, 3.05) is 0 Å². The van der Waals surface area contributed by atoms with Gasteiger partial charge in [0.25, 0.3) is 0 Å². The standard InChI is InChI=1S/C6H6O4.C3H4O2.K/c7-3-1-2-4(8)6(10)5(3)9;1-2-3(4)5;/h1-2,7-10H;2H,1H2,(H,4,5);/q;;+1/p-1. The molecule has 6 nitrogen and oxygen atoms in total. The number of hydrogen-bond donors (Lipinski definition) is 4. The summed E-state index contributed by atoms with van der Waals surface area (Å²) in [4.78, 5) is 9.14. The molecule has 0 bridgehead atoms. The summed E-state index contributed by atoms with van der Waals surface area (Å²) in [5.41, 5.74) is 0. The largest absolute Gasteiger partial charge is 1.00 e. The summed E-state index contributed by atoms with van der Waals surface area (Å²) in [5, 5.41) is 44.0. The minimum absolute atomic E-state index is 0. The Kier molecular flexibility index (Phi) is 9.29. The minimum atomic E-state index is -1.23. The number of phenolic OH excluding ortho intramolecular Hbond substituents is 4. The van der Waals surface area contributed by atoms with E-state index in [9.17, 15) is 0 Å². The first-order valence-corrected chi connectivity index (χ1v) is 3.66. The zero-order valence-corrected chi connectivity index (χ0v) is 11.7. The number of phenols is 4. The van der Waals surface area contributed by atoms with E-state index < -0.39 is 29.0 Å². The maximum Gasteiger partial charge on any atom is 1.00 e. The van der Waals surface area contributed by atoms with E-state index >= 15 is 0 Å². The van der Waals surface area contributed by atoms with Crippen LogP contribution >= 0.6 is 0 Å². The second-order valence-electron chi connectivity index (χ2n) is 2.32. The molecule has 4 N–H and O–H groups in total. The first kappa shape index (κ1) is 17.7. The van der Waals surface area contributed by atoms with Crippen molar-refractivity contribution in [1.29, 1.82) is 0 Å². The third-order valence-corrected chi connectivity index (χ3v) is 1.28. The SMILES string of the molecule is C=CC(=O)[O-].Oc1ccc(O)c(O)c1O.[K+]. The van der Waals surface area contributed by atoms with Gasteiger partial charge in [0.1, 0.15) is 0 Å². The van der Waals surface area contributed by atoms with Gasteiger partial charge in [0.15, 0.2) is 11.5 Å². The van der Waals surface area contributed by atoms with Crippen LogP contribution in [0.1, 0.15) is 0 Å². The van der Waals surface area contributed by atoms with E-state index in [1.54, 1.807) is 0 Å². The maximum atomic E-state index is 9.14. The normalized spacial score (nSPS) is 8.00. The molecule has 0 atom stereocenters. The van der Waals surface area contributed by atoms with Crippen LogP contribution in [-0.2, 0) is 4.79 Å². The van der Waals surface area contributed by atoms with Gasteiger partial charge in [-0.2, -0.15) is 0 Å². The second kappa shape index (κ2) is 8.42. The number of carbonyl (C=O) groups excluding carboxylic acids is 1.